The molecule has 25 heavy (non-hydrogen) atoms. The highest BCUT2D eigenvalue weighted by atomic mass is 16.2. The van der Waals surface area contributed by atoms with Crippen LogP contribution in [0, 0.1) is 0 Å². The van der Waals surface area contributed by atoms with Crippen LogP contribution in [0.3, 0.4) is 0 Å². The van der Waals surface area contributed by atoms with Crippen molar-refractivity contribution in [3.8, 4) is 0 Å². The van der Waals surface area contributed by atoms with Crippen LogP contribution in [-0.2, 0) is 24.3 Å². The van der Waals surface area contributed by atoms with Crippen molar-refractivity contribution in [2.24, 2.45) is 0 Å². The average molecular weight is 341 g/mol. The van der Waals surface area contributed by atoms with Crippen molar-refractivity contribution >= 4 is 11.9 Å². The maximum absolute atomic E-state index is 12.0. The van der Waals surface area contributed by atoms with Gasteiger partial charge in [-0.25, -0.2) is 9.78 Å². The van der Waals surface area contributed by atoms with E-state index in [4.69, 9.17) is 0 Å². The van der Waals surface area contributed by atoms with Crippen LogP contribution >= 0.6 is 0 Å². The van der Waals surface area contributed by atoms with Crippen LogP contribution in [0.5, 0.6) is 0 Å². The highest BCUT2D eigenvalue weighted by molar-refractivity contribution is 5.87. The molecule has 2 heterocycles. The lowest BCUT2D eigenvalue weighted by Gasteiger charge is -2.22. The number of hydrogen-bond acceptors (Lipinski definition) is 3. The third-order valence-corrected chi connectivity index (χ3v) is 4.28. The molecular weight excluding hydrogens is 318 g/mol. The second-order valence-corrected chi connectivity index (χ2v) is 6.09. The molecule has 0 aliphatic carbocycles. The van der Waals surface area contributed by atoms with E-state index in [0.29, 0.717) is 19.5 Å². The van der Waals surface area contributed by atoms with Gasteiger partial charge in [-0.05, 0) is 24.8 Å². The molecule has 7 nitrogen and oxygen atoms in total. The van der Waals surface area contributed by atoms with E-state index in [-0.39, 0.29) is 11.9 Å². The van der Waals surface area contributed by atoms with E-state index >= 15 is 0 Å². The van der Waals surface area contributed by atoms with Crippen LogP contribution in [0.15, 0.2) is 42.7 Å². The van der Waals surface area contributed by atoms with Gasteiger partial charge in [0.2, 0.25) is 5.91 Å². The minimum atomic E-state index is -0.452. The standard InChI is InChI=1S/C18H23N5O2/c24-17-15(7-4-9-20-17)22-18(25)21-13-16-19-10-12-23(16)11-8-14-5-2-1-3-6-14/h1-3,5-6,10,12,15H,4,7-9,11,13H2,(H,20,24)(H2,21,22,25). The lowest BCUT2D eigenvalue weighted by molar-refractivity contribution is -0.124. The fourth-order valence-electron chi connectivity index (χ4n) is 2.88. The van der Waals surface area contributed by atoms with Gasteiger partial charge in [0, 0.05) is 25.5 Å². The van der Waals surface area contributed by atoms with Crippen molar-refractivity contribution in [3.63, 3.8) is 0 Å². The van der Waals surface area contributed by atoms with E-state index in [2.05, 4.69) is 33.1 Å². The van der Waals surface area contributed by atoms with Gasteiger partial charge in [-0.2, -0.15) is 0 Å². The summed E-state index contributed by atoms with van der Waals surface area (Å²) in [5, 5.41) is 8.24. The van der Waals surface area contributed by atoms with Gasteiger partial charge < -0.3 is 20.5 Å². The molecule has 3 N–H and O–H groups in total. The number of piperidine rings is 1. The fourth-order valence-corrected chi connectivity index (χ4v) is 2.88. The minimum absolute atomic E-state index is 0.120. The number of carbonyl (C=O) groups excluding carboxylic acids is 2. The first-order valence-electron chi connectivity index (χ1n) is 8.58. The van der Waals surface area contributed by atoms with Gasteiger partial charge in [-0.3, -0.25) is 4.79 Å². The third-order valence-electron chi connectivity index (χ3n) is 4.28. The van der Waals surface area contributed by atoms with Gasteiger partial charge in [-0.1, -0.05) is 30.3 Å². The fraction of sp³-hybridized carbons (Fsp3) is 0.389. The van der Waals surface area contributed by atoms with Crippen LogP contribution in [0.2, 0.25) is 0 Å². The molecule has 2 aromatic rings. The maximum Gasteiger partial charge on any atom is 0.315 e. The normalized spacial score (nSPS) is 17.0. The predicted molar refractivity (Wildman–Crippen MR) is 93.8 cm³/mol. The molecule has 1 fully saturated rings. The zero-order valence-corrected chi connectivity index (χ0v) is 14.1. The Hall–Kier alpha value is -2.83. The smallest absolute Gasteiger partial charge is 0.315 e. The highest BCUT2D eigenvalue weighted by Crippen LogP contribution is 2.05. The van der Waals surface area contributed by atoms with Crippen LogP contribution in [0.25, 0.3) is 0 Å². The summed E-state index contributed by atoms with van der Waals surface area (Å²) in [7, 11) is 0. The number of nitrogens with one attached hydrogen (secondary N) is 3. The van der Waals surface area contributed by atoms with Crippen molar-refractivity contribution in [3.05, 3.63) is 54.1 Å². The average Bonchev–Trinajstić information content (AvgIpc) is 3.08. The first kappa shape index (κ1) is 17.0. The highest BCUT2D eigenvalue weighted by Gasteiger charge is 2.23. The van der Waals surface area contributed by atoms with Gasteiger partial charge in [-0.15, -0.1) is 0 Å². The minimum Gasteiger partial charge on any atom is -0.354 e. The topological polar surface area (TPSA) is 88.1 Å². The number of carbonyl (C=O) groups is 2. The molecule has 3 amide bonds. The zero-order valence-electron chi connectivity index (χ0n) is 14.1. The summed E-state index contributed by atoms with van der Waals surface area (Å²) in [6, 6.07) is 9.44. The van der Waals surface area contributed by atoms with Crippen molar-refractivity contribution in [1.29, 1.82) is 0 Å². The molecule has 1 atom stereocenters. The maximum atomic E-state index is 12.0. The monoisotopic (exact) mass is 341 g/mol. The first-order valence-corrected chi connectivity index (χ1v) is 8.58. The second kappa shape index (κ2) is 8.32. The summed E-state index contributed by atoms with van der Waals surface area (Å²) in [6.45, 7) is 1.80. The van der Waals surface area contributed by atoms with Gasteiger partial charge in [0.05, 0.1) is 6.54 Å². The SMILES string of the molecule is O=C(NCc1nccn1CCc1ccccc1)NC1CCCNC1=O. The molecule has 1 saturated heterocycles. The number of benzene rings is 1. The van der Waals surface area contributed by atoms with E-state index < -0.39 is 6.04 Å². The molecule has 7 heteroatoms. The Balaban J connectivity index is 1.47. The Morgan fingerprint density at radius 2 is 2.16 bits per heavy atom. The summed E-state index contributed by atoms with van der Waals surface area (Å²) >= 11 is 0. The van der Waals surface area contributed by atoms with Crippen LogP contribution in [-0.4, -0.2) is 34.1 Å². The number of aromatic nitrogens is 2. The lowest BCUT2D eigenvalue weighted by Crippen LogP contribution is -2.52. The number of amides is 3. The largest absolute Gasteiger partial charge is 0.354 e. The number of rotatable bonds is 6. The van der Waals surface area contributed by atoms with E-state index in [1.54, 1.807) is 6.20 Å². The number of aryl methyl sites for hydroxylation is 2. The number of hydrogen-bond donors (Lipinski definition) is 3. The Bertz CT molecular complexity index is 713. The molecule has 3 rings (SSSR count). The van der Waals surface area contributed by atoms with E-state index in [9.17, 15) is 9.59 Å². The second-order valence-electron chi connectivity index (χ2n) is 6.09. The van der Waals surface area contributed by atoms with Gasteiger partial charge in [0.1, 0.15) is 11.9 Å². The van der Waals surface area contributed by atoms with Crippen molar-refractivity contribution in [2.45, 2.75) is 38.4 Å². The Morgan fingerprint density at radius 3 is 2.96 bits per heavy atom. The van der Waals surface area contributed by atoms with Crippen LogP contribution in [0.1, 0.15) is 24.2 Å². The van der Waals surface area contributed by atoms with Crippen molar-refractivity contribution < 1.29 is 9.59 Å². The predicted octanol–water partition coefficient (Wildman–Crippen LogP) is 1.20. The molecule has 1 aromatic heterocycles. The Morgan fingerprint density at radius 1 is 1.32 bits per heavy atom. The third kappa shape index (κ3) is 4.82. The van der Waals surface area contributed by atoms with E-state index in [1.165, 1.54) is 5.56 Å². The summed E-state index contributed by atoms with van der Waals surface area (Å²) in [5.41, 5.74) is 1.26. The first-order chi connectivity index (χ1) is 12.2. The lowest BCUT2D eigenvalue weighted by atomic mass is 10.1. The summed E-state index contributed by atoms with van der Waals surface area (Å²) in [4.78, 5) is 28.0. The number of urea groups is 1. The van der Waals surface area contributed by atoms with Gasteiger partial charge in [0.15, 0.2) is 0 Å². The molecule has 0 saturated carbocycles. The van der Waals surface area contributed by atoms with Gasteiger partial charge >= 0.3 is 6.03 Å². The molecule has 1 aliphatic heterocycles. The molecule has 1 aromatic carbocycles. The number of imidazole rings is 1. The van der Waals surface area contributed by atoms with Crippen molar-refractivity contribution in [2.75, 3.05) is 6.54 Å². The van der Waals surface area contributed by atoms with Gasteiger partial charge in [0.25, 0.3) is 0 Å². The summed E-state index contributed by atoms with van der Waals surface area (Å²) in [5.74, 6) is 0.671. The van der Waals surface area contributed by atoms with Crippen LogP contribution in [0.4, 0.5) is 4.79 Å². The molecule has 132 valence electrons. The quantitative estimate of drug-likeness (QED) is 0.738. The molecule has 1 aliphatic rings. The molecule has 1 unspecified atom stereocenters. The number of nitrogens with zero attached hydrogens (tertiary/aromatic N) is 2. The Kier molecular flexibility index (Phi) is 5.66. The van der Waals surface area contributed by atoms with Crippen LogP contribution < -0.4 is 16.0 Å². The zero-order chi connectivity index (χ0) is 17.5. The summed E-state index contributed by atoms with van der Waals surface area (Å²) in [6.07, 6.45) is 6.09. The molecule has 0 spiro atoms. The Labute approximate surface area is 146 Å². The molecular formula is C18H23N5O2. The summed E-state index contributed by atoms with van der Waals surface area (Å²) < 4.78 is 2.03. The van der Waals surface area contributed by atoms with E-state index in [1.807, 2.05) is 29.0 Å². The molecule has 0 bridgehead atoms. The molecule has 0 radical (unpaired) electrons. The van der Waals surface area contributed by atoms with E-state index in [0.717, 1.165) is 25.2 Å². The van der Waals surface area contributed by atoms with Crippen molar-refractivity contribution in [1.82, 2.24) is 25.5 Å².